The van der Waals surface area contributed by atoms with Crippen LogP contribution in [0.25, 0.3) is 0 Å². The van der Waals surface area contributed by atoms with E-state index in [0.717, 1.165) is 109 Å². The molecule has 1 fully saturated rings. The van der Waals surface area contributed by atoms with Crippen LogP contribution in [0.2, 0.25) is 0 Å². The van der Waals surface area contributed by atoms with Gasteiger partial charge in [0.05, 0.1) is 19.8 Å². The van der Waals surface area contributed by atoms with Crippen molar-refractivity contribution in [3.63, 3.8) is 0 Å². The lowest BCUT2D eigenvalue weighted by atomic mass is 9.99. The number of ether oxygens (including phenoxy) is 4. The maximum absolute atomic E-state index is 12.9. The van der Waals surface area contributed by atoms with Crippen LogP contribution < -0.4 is 0 Å². The Morgan fingerprint density at radius 2 is 0.971 bits per heavy atom. The molecule has 1 rings (SSSR count). The number of rotatable bonds is 41. The van der Waals surface area contributed by atoms with Gasteiger partial charge in [-0.15, -0.1) is 0 Å². The van der Waals surface area contributed by atoms with Crippen molar-refractivity contribution in [1.29, 1.82) is 0 Å². The molecule has 0 aromatic heterocycles. The first-order chi connectivity index (χ1) is 33.1. The quantitative estimate of drug-likeness (QED) is 0.0198. The minimum Gasteiger partial charge on any atom is -0.457 e. The van der Waals surface area contributed by atoms with Crippen LogP contribution in [0.5, 0.6) is 0 Å². The second-order valence-corrected chi connectivity index (χ2v) is 17.3. The highest BCUT2D eigenvalue weighted by Gasteiger charge is 2.48. The van der Waals surface area contributed by atoms with Gasteiger partial charge in [-0.25, -0.2) is 4.18 Å². The normalized spacial score (nSPS) is 20.5. The minimum absolute atomic E-state index is 0.0109. The minimum atomic E-state index is -5.08. The summed E-state index contributed by atoms with van der Waals surface area (Å²) in [5.41, 5.74) is 0. The molecule has 6 atom stereocenters. The molecule has 0 bridgehead atoms. The van der Waals surface area contributed by atoms with E-state index >= 15 is 0 Å². The van der Waals surface area contributed by atoms with Gasteiger partial charge >= 0.3 is 16.4 Å². The third-order valence-corrected chi connectivity index (χ3v) is 10.7. The molecular weight excluding hydrogens is 885 g/mol. The third-order valence-electron chi connectivity index (χ3n) is 10.3. The molecular formula is C55H86O12S. The molecule has 4 N–H and O–H groups in total. The first-order valence-electron chi connectivity index (χ1n) is 24.9. The topological polar surface area (TPSA) is 178 Å². The number of hydrogen-bond acceptors (Lipinski definition) is 11. The van der Waals surface area contributed by atoms with Gasteiger partial charge in [-0.2, -0.15) is 8.42 Å². The number of unbranched alkanes of at least 4 members (excludes halogenated alkanes) is 6. The summed E-state index contributed by atoms with van der Waals surface area (Å²) in [6.45, 7) is 3.61. The number of aliphatic hydroxyl groups is 3. The number of aliphatic hydroxyl groups excluding tert-OH is 3. The molecule has 1 heterocycles. The number of carbonyl (C=O) groups is 1. The molecule has 0 radical (unpaired) electrons. The molecule has 12 nitrogen and oxygen atoms in total. The van der Waals surface area contributed by atoms with Crippen LogP contribution in [-0.2, 0) is 38.3 Å². The van der Waals surface area contributed by atoms with Gasteiger partial charge in [-0.05, 0) is 103 Å². The summed E-state index contributed by atoms with van der Waals surface area (Å²) < 4.78 is 59.1. The van der Waals surface area contributed by atoms with Crippen LogP contribution in [0.3, 0.4) is 0 Å². The summed E-state index contributed by atoms with van der Waals surface area (Å²) in [6, 6.07) is 0. The molecule has 1 aliphatic heterocycles. The van der Waals surface area contributed by atoms with Crippen molar-refractivity contribution < 1.29 is 56.2 Å². The number of hydrogen-bond donors (Lipinski definition) is 4. The fourth-order valence-corrected chi connectivity index (χ4v) is 7.10. The van der Waals surface area contributed by atoms with E-state index in [2.05, 4.69) is 146 Å². The maximum Gasteiger partial charge on any atom is 0.397 e. The van der Waals surface area contributed by atoms with Crippen LogP contribution in [0.1, 0.15) is 142 Å². The van der Waals surface area contributed by atoms with Crippen molar-refractivity contribution in [2.24, 2.45) is 0 Å². The van der Waals surface area contributed by atoms with E-state index in [-0.39, 0.29) is 19.6 Å². The molecule has 68 heavy (non-hydrogen) atoms. The fourth-order valence-electron chi connectivity index (χ4n) is 6.59. The Balaban J connectivity index is 2.44. The molecule has 0 amide bonds. The molecule has 1 saturated heterocycles. The van der Waals surface area contributed by atoms with Gasteiger partial charge in [-0.1, -0.05) is 167 Å². The molecule has 0 saturated carbocycles. The first-order valence-corrected chi connectivity index (χ1v) is 26.3. The van der Waals surface area contributed by atoms with Gasteiger partial charge in [0, 0.05) is 13.0 Å². The van der Waals surface area contributed by atoms with E-state index in [9.17, 15) is 33.1 Å². The van der Waals surface area contributed by atoms with Crippen molar-refractivity contribution in [3.8, 4) is 0 Å². The Kier molecular flexibility index (Phi) is 40.7. The van der Waals surface area contributed by atoms with Crippen LogP contribution in [-0.4, -0.2) is 97.5 Å². The molecule has 6 unspecified atom stereocenters. The lowest BCUT2D eigenvalue weighted by Gasteiger charge is -2.41. The predicted octanol–water partition coefficient (Wildman–Crippen LogP) is 11.5. The van der Waals surface area contributed by atoms with Gasteiger partial charge in [-0.3, -0.25) is 9.35 Å². The Bertz CT molecular complexity index is 1690. The van der Waals surface area contributed by atoms with Crippen LogP contribution in [0.4, 0.5) is 0 Å². The van der Waals surface area contributed by atoms with Gasteiger partial charge in [0.1, 0.15) is 30.5 Å². The smallest absolute Gasteiger partial charge is 0.397 e. The van der Waals surface area contributed by atoms with Crippen molar-refractivity contribution in [3.05, 3.63) is 134 Å². The molecule has 1 aliphatic rings. The SMILES string of the molecule is CC/C=C\C/C=C\C/C=C\C/C=C\C/C=C\C/C=C\CCCCCCCOCC(COC1OC(CO)C(O)C(OS(=O)(=O)O)C1O)OC(=O)CCC/C=C\C/C=C\C/C=C\C/C=C\C/C=C\CC. The summed E-state index contributed by atoms with van der Waals surface area (Å²) in [6.07, 6.45) is 56.3. The zero-order valence-electron chi connectivity index (χ0n) is 41.1. The summed E-state index contributed by atoms with van der Waals surface area (Å²) in [5, 5.41) is 30.7. The van der Waals surface area contributed by atoms with Crippen molar-refractivity contribution >= 4 is 16.4 Å². The van der Waals surface area contributed by atoms with Crippen LogP contribution >= 0.6 is 0 Å². The molecule has 0 spiro atoms. The third kappa shape index (κ3) is 37.2. The predicted molar refractivity (Wildman–Crippen MR) is 275 cm³/mol. The summed E-state index contributed by atoms with van der Waals surface area (Å²) in [4.78, 5) is 12.9. The Morgan fingerprint density at radius 1 is 0.559 bits per heavy atom. The lowest BCUT2D eigenvalue weighted by molar-refractivity contribution is -0.301. The molecule has 13 heteroatoms. The number of esters is 1. The number of allylic oxidation sites excluding steroid dienone is 22. The average Bonchev–Trinajstić information content (AvgIpc) is 3.31. The molecule has 0 aliphatic carbocycles. The van der Waals surface area contributed by atoms with Crippen molar-refractivity contribution in [2.75, 3.05) is 26.4 Å². The van der Waals surface area contributed by atoms with Gasteiger partial charge < -0.3 is 34.3 Å². The molecule has 0 aromatic rings. The molecule has 384 valence electrons. The van der Waals surface area contributed by atoms with Gasteiger partial charge in [0.25, 0.3) is 0 Å². The van der Waals surface area contributed by atoms with Crippen molar-refractivity contribution in [1.82, 2.24) is 0 Å². The highest BCUT2D eigenvalue weighted by atomic mass is 32.3. The first kappa shape index (κ1) is 62.3. The Morgan fingerprint density at radius 3 is 1.41 bits per heavy atom. The summed E-state index contributed by atoms with van der Waals surface area (Å²) >= 11 is 0. The average molecular weight is 971 g/mol. The Labute approximate surface area is 410 Å². The second kappa shape index (κ2) is 44.4. The van der Waals surface area contributed by atoms with Gasteiger partial charge in [0.15, 0.2) is 6.29 Å². The number of carbonyl (C=O) groups excluding carboxylic acids is 1. The van der Waals surface area contributed by atoms with E-state index in [0.29, 0.717) is 19.4 Å². The monoisotopic (exact) mass is 971 g/mol. The zero-order valence-corrected chi connectivity index (χ0v) is 41.9. The van der Waals surface area contributed by atoms with E-state index in [1.165, 1.54) is 0 Å². The van der Waals surface area contributed by atoms with Crippen LogP contribution in [0.15, 0.2) is 134 Å². The summed E-state index contributed by atoms with van der Waals surface area (Å²) in [7, 11) is -5.08. The van der Waals surface area contributed by atoms with E-state index in [1.54, 1.807) is 0 Å². The van der Waals surface area contributed by atoms with Crippen molar-refractivity contribution in [2.45, 2.75) is 179 Å². The largest absolute Gasteiger partial charge is 0.457 e. The standard InChI is InChI=1S/C55H86O12S/c1-3-5-7-9-11-13-15-17-19-21-22-23-24-25-26-27-29-31-33-35-37-39-41-43-45-63-47-49(48-64-55-53(59)54(67-68(60,61)62)52(58)50(46-56)66-55)65-51(57)44-42-40-38-36-34-32-30-28-20-18-16-14-12-10-8-6-4-2/h5-8,11-14,17-20,22-23,25-26,29-32,36,38,49-50,52-56,58-59H,3-4,9-10,15-16,21,24,27-28,33-35,37,39-48H2,1-2H3,(H,60,61,62)/b7-5-,8-6-,13-11-,14-12-,19-17-,20-18-,23-22-,26-25-,31-29-,32-30-,38-36-. The van der Waals surface area contributed by atoms with Gasteiger partial charge in [0.2, 0.25) is 0 Å². The summed E-state index contributed by atoms with van der Waals surface area (Å²) in [5.74, 6) is -0.470. The van der Waals surface area contributed by atoms with Crippen LogP contribution in [0, 0.1) is 0 Å². The maximum atomic E-state index is 12.9. The highest BCUT2D eigenvalue weighted by molar-refractivity contribution is 7.80. The highest BCUT2D eigenvalue weighted by Crippen LogP contribution is 2.26. The second-order valence-electron chi connectivity index (χ2n) is 16.3. The van der Waals surface area contributed by atoms with E-state index in [1.807, 2.05) is 6.08 Å². The lowest BCUT2D eigenvalue weighted by Crippen LogP contribution is -2.60. The molecule has 0 aromatic carbocycles. The van der Waals surface area contributed by atoms with E-state index < -0.39 is 59.8 Å². The Hall–Kier alpha value is -3.76. The fraction of sp³-hybridized carbons (Fsp3) is 0.582. The van der Waals surface area contributed by atoms with E-state index in [4.69, 9.17) is 18.9 Å². The zero-order chi connectivity index (χ0) is 49.6.